The Labute approximate surface area is 107 Å². The second-order valence-corrected chi connectivity index (χ2v) is 5.09. The lowest BCUT2D eigenvalue weighted by Gasteiger charge is -2.05. The number of aromatic nitrogens is 2. The minimum atomic E-state index is 0.256. The number of nitrogens with zero attached hydrogens (tertiary/aromatic N) is 2. The maximum atomic E-state index is 8.59. The predicted octanol–water partition coefficient (Wildman–Crippen LogP) is 1.35. The fourth-order valence-electron chi connectivity index (χ4n) is 1.02. The molecule has 1 aromatic heterocycles. The second kappa shape index (κ2) is 7.70. The molecule has 0 saturated carbocycles. The van der Waals surface area contributed by atoms with Crippen LogP contribution in [0.15, 0.2) is 10.7 Å². The first-order valence-electron chi connectivity index (χ1n) is 4.95. The molecule has 1 heterocycles. The fourth-order valence-corrected chi connectivity index (χ4v) is 2.20. The minimum absolute atomic E-state index is 0.256. The van der Waals surface area contributed by atoms with Crippen molar-refractivity contribution in [2.75, 3.05) is 35.7 Å². The van der Waals surface area contributed by atoms with E-state index < -0.39 is 0 Å². The van der Waals surface area contributed by atoms with Gasteiger partial charge in [-0.15, -0.1) is 0 Å². The first kappa shape index (κ1) is 13.5. The number of halogens is 1. The maximum Gasteiger partial charge on any atom is 0.225 e. The summed E-state index contributed by atoms with van der Waals surface area (Å²) in [7, 11) is 0. The summed E-state index contributed by atoms with van der Waals surface area (Å²) in [6.45, 7) is 1.04. The highest BCUT2D eigenvalue weighted by Crippen LogP contribution is 2.12. The van der Waals surface area contributed by atoms with Crippen LogP contribution in [0.1, 0.15) is 6.42 Å². The van der Waals surface area contributed by atoms with Gasteiger partial charge in [-0.25, -0.2) is 4.98 Å². The average Bonchev–Trinajstić information content (AvgIpc) is 2.22. The van der Waals surface area contributed by atoms with Gasteiger partial charge in [0.1, 0.15) is 10.4 Å². The largest absolute Gasteiger partial charge is 0.396 e. The predicted molar refractivity (Wildman–Crippen MR) is 71.7 cm³/mol. The smallest absolute Gasteiger partial charge is 0.225 e. The van der Waals surface area contributed by atoms with Gasteiger partial charge in [0.15, 0.2) is 0 Å². The number of aliphatic hydroxyl groups is 1. The van der Waals surface area contributed by atoms with E-state index in [9.17, 15) is 0 Å². The van der Waals surface area contributed by atoms with Crippen LogP contribution in [0.3, 0.4) is 0 Å². The summed E-state index contributed by atoms with van der Waals surface area (Å²) in [5.41, 5.74) is 5.58. The molecule has 0 radical (unpaired) electrons. The van der Waals surface area contributed by atoms with Crippen molar-refractivity contribution in [1.82, 2.24) is 9.97 Å². The molecule has 0 saturated heterocycles. The zero-order chi connectivity index (χ0) is 11.8. The maximum absolute atomic E-state index is 8.59. The molecule has 1 rings (SSSR count). The minimum Gasteiger partial charge on any atom is -0.396 e. The third-order valence-electron chi connectivity index (χ3n) is 1.69. The lowest BCUT2D eigenvalue weighted by atomic mass is 10.5. The number of aliphatic hydroxyl groups excluding tert-OH is 1. The molecule has 5 nitrogen and oxygen atoms in total. The van der Waals surface area contributed by atoms with Crippen LogP contribution in [0, 0.1) is 0 Å². The number of thioether (sulfide) groups is 1. The number of anilines is 2. The van der Waals surface area contributed by atoms with Crippen LogP contribution in [0.4, 0.5) is 11.8 Å². The van der Waals surface area contributed by atoms with E-state index in [1.807, 2.05) is 0 Å². The van der Waals surface area contributed by atoms with Gasteiger partial charge in [-0.1, -0.05) is 0 Å². The third kappa shape index (κ3) is 5.53. The van der Waals surface area contributed by atoms with Crippen molar-refractivity contribution in [3.05, 3.63) is 10.7 Å². The lowest BCUT2D eigenvalue weighted by molar-refractivity contribution is 0.296. The highest BCUT2D eigenvalue weighted by molar-refractivity contribution is 9.10. The normalized spacial score (nSPS) is 10.4. The van der Waals surface area contributed by atoms with Gasteiger partial charge < -0.3 is 16.2 Å². The zero-order valence-corrected chi connectivity index (χ0v) is 11.2. The van der Waals surface area contributed by atoms with E-state index in [0.717, 1.165) is 24.5 Å². The van der Waals surface area contributed by atoms with Crippen LogP contribution in [0.2, 0.25) is 0 Å². The molecule has 1 aromatic rings. The van der Waals surface area contributed by atoms with Crippen LogP contribution in [0.25, 0.3) is 0 Å². The Morgan fingerprint density at radius 3 is 2.94 bits per heavy atom. The Morgan fingerprint density at radius 2 is 2.25 bits per heavy atom. The Bertz CT molecular complexity index is 306. The second-order valence-electron chi connectivity index (χ2n) is 3.06. The van der Waals surface area contributed by atoms with Gasteiger partial charge in [-0.3, -0.25) is 0 Å². The Hall–Kier alpha value is -0.530. The molecular formula is C9H15BrN4OS. The van der Waals surface area contributed by atoms with Crippen LogP contribution in [-0.4, -0.2) is 39.7 Å². The highest BCUT2D eigenvalue weighted by atomic mass is 79.9. The monoisotopic (exact) mass is 306 g/mol. The average molecular weight is 307 g/mol. The molecule has 7 heteroatoms. The molecule has 0 aliphatic heterocycles. The molecule has 0 bridgehead atoms. The van der Waals surface area contributed by atoms with Crippen LogP contribution >= 0.6 is 27.7 Å². The number of rotatable bonds is 7. The van der Waals surface area contributed by atoms with Gasteiger partial charge in [0.05, 0.1) is 0 Å². The number of nitrogens with two attached hydrogens (primary N) is 1. The summed E-state index contributed by atoms with van der Waals surface area (Å²) in [4.78, 5) is 8.18. The van der Waals surface area contributed by atoms with Crippen molar-refractivity contribution >= 4 is 39.5 Å². The number of hydrogen-bond donors (Lipinski definition) is 3. The van der Waals surface area contributed by atoms with Crippen molar-refractivity contribution in [2.45, 2.75) is 6.42 Å². The summed E-state index contributed by atoms with van der Waals surface area (Å²) in [6.07, 6.45) is 0.838. The van der Waals surface area contributed by atoms with Crippen LogP contribution < -0.4 is 11.1 Å². The Morgan fingerprint density at radius 1 is 1.44 bits per heavy atom. The molecule has 0 aromatic carbocycles. The molecule has 0 spiro atoms. The zero-order valence-electron chi connectivity index (χ0n) is 8.82. The van der Waals surface area contributed by atoms with Gasteiger partial charge in [-0.2, -0.15) is 16.7 Å². The molecule has 0 fully saturated rings. The van der Waals surface area contributed by atoms with Crippen molar-refractivity contribution in [3.8, 4) is 0 Å². The van der Waals surface area contributed by atoms with Gasteiger partial charge in [0, 0.05) is 25.0 Å². The summed E-state index contributed by atoms with van der Waals surface area (Å²) in [6, 6.07) is 1.65. The van der Waals surface area contributed by atoms with Gasteiger partial charge in [0.25, 0.3) is 0 Å². The Balaban J connectivity index is 2.21. The molecule has 90 valence electrons. The van der Waals surface area contributed by atoms with Crippen LogP contribution in [0.5, 0.6) is 0 Å². The third-order valence-corrected chi connectivity index (χ3v) is 3.17. The molecule has 0 aliphatic carbocycles. The topological polar surface area (TPSA) is 84.1 Å². The van der Waals surface area contributed by atoms with E-state index in [2.05, 4.69) is 31.2 Å². The number of nitrogen functional groups attached to an aromatic ring is 1. The molecule has 0 amide bonds. The summed E-state index contributed by atoms with van der Waals surface area (Å²) in [5.74, 6) is 2.90. The molecule has 16 heavy (non-hydrogen) atoms. The molecular weight excluding hydrogens is 292 g/mol. The number of nitrogens with one attached hydrogen (secondary N) is 1. The van der Waals surface area contributed by atoms with E-state index in [-0.39, 0.29) is 6.61 Å². The summed E-state index contributed by atoms with van der Waals surface area (Å²) >= 11 is 5.04. The summed E-state index contributed by atoms with van der Waals surface area (Å²) in [5, 5.41) is 11.7. The van der Waals surface area contributed by atoms with Crippen molar-refractivity contribution < 1.29 is 5.11 Å². The Kier molecular flexibility index (Phi) is 6.51. The van der Waals surface area contributed by atoms with Crippen molar-refractivity contribution in [3.63, 3.8) is 0 Å². The van der Waals surface area contributed by atoms with E-state index in [0.29, 0.717) is 16.4 Å². The van der Waals surface area contributed by atoms with E-state index in [4.69, 9.17) is 10.8 Å². The van der Waals surface area contributed by atoms with E-state index >= 15 is 0 Å². The standard InChI is InChI=1S/C9H15BrN4OS/c10-7-6-8(11)14-9(13-7)12-2-5-16-4-1-3-15/h6,15H,1-5H2,(H3,11,12,13,14). The lowest BCUT2D eigenvalue weighted by Crippen LogP contribution is -2.09. The van der Waals surface area contributed by atoms with Crippen molar-refractivity contribution in [2.24, 2.45) is 0 Å². The van der Waals surface area contributed by atoms with E-state index in [1.165, 1.54) is 0 Å². The van der Waals surface area contributed by atoms with E-state index in [1.54, 1.807) is 17.8 Å². The van der Waals surface area contributed by atoms with Gasteiger partial charge in [0.2, 0.25) is 5.95 Å². The molecule has 0 aliphatic rings. The van der Waals surface area contributed by atoms with Crippen LogP contribution in [-0.2, 0) is 0 Å². The molecule has 0 atom stereocenters. The quantitative estimate of drug-likeness (QED) is 0.521. The fraction of sp³-hybridized carbons (Fsp3) is 0.556. The first-order chi connectivity index (χ1) is 7.72. The van der Waals surface area contributed by atoms with Gasteiger partial charge in [-0.05, 0) is 28.1 Å². The summed E-state index contributed by atoms with van der Waals surface area (Å²) < 4.78 is 0.676. The SMILES string of the molecule is Nc1cc(Br)nc(NCCSCCCO)n1. The molecule has 4 N–H and O–H groups in total. The highest BCUT2D eigenvalue weighted by Gasteiger charge is 1.99. The first-order valence-corrected chi connectivity index (χ1v) is 6.89. The van der Waals surface area contributed by atoms with Gasteiger partial charge >= 0.3 is 0 Å². The molecule has 0 unspecified atom stereocenters. The number of hydrogen-bond acceptors (Lipinski definition) is 6. The van der Waals surface area contributed by atoms with Crippen molar-refractivity contribution in [1.29, 1.82) is 0 Å².